The fourth-order valence-corrected chi connectivity index (χ4v) is 2.78. The fourth-order valence-electron chi connectivity index (χ4n) is 2.78. The van der Waals surface area contributed by atoms with Gasteiger partial charge < -0.3 is 5.32 Å². The highest BCUT2D eigenvalue weighted by atomic mass is 19.4. The zero-order valence-electron chi connectivity index (χ0n) is 14.1. The molecule has 0 aliphatic heterocycles. The van der Waals surface area contributed by atoms with E-state index in [0.29, 0.717) is 12.2 Å². The van der Waals surface area contributed by atoms with E-state index in [9.17, 15) is 18.0 Å². The molecule has 0 saturated heterocycles. The molecule has 3 rings (SSSR count). The molecule has 25 heavy (non-hydrogen) atoms. The molecule has 136 valence electrons. The van der Waals surface area contributed by atoms with Gasteiger partial charge in [0.25, 0.3) is 5.91 Å². The molecule has 0 bridgehead atoms. The summed E-state index contributed by atoms with van der Waals surface area (Å²) < 4.78 is 40.7. The summed E-state index contributed by atoms with van der Waals surface area (Å²) in [5.74, 6) is -0.383. The molecule has 2 heterocycles. The van der Waals surface area contributed by atoms with Crippen LogP contribution in [0.4, 0.5) is 13.2 Å². The second kappa shape index (κ2) is 7.01. The van der Waals surface area contributed by atoms with E-state index in [1.807, 2.05) is 0 Å². The number of nitrogens with zero attached hydrogens (tertiary/aromatic N) is 3. The Morgan fingerprint density at radius 1 is 1.32 bits per heavy atom. The molecule has 0 spiro atoms. The maximum atomic E-state index is 13.3. The van der Waals surface area contributed by atoms with Crippen LogP contribution in [0.25, 0.3) is 5.65 Å². The zero-order chi connectivity index (χ0) is 18.0. The van der Waals surface area contributed by atoms with Crippen molar-refractivity contribution in [1.29, 1.82) is 0 Å². The van der Waals surface area contributed by atoms with Gasteiger partial charge in [0, 0.05) is 18.2 Å². The summed E-state index contributed by atoms with van der Waals surface area (Å²) in [5.41, 5.74) is -0.440. The molecule has 1 N–H and O–H groups in total. The van der Waals surface area contributed by atoms with Crippen LogP contribution >= 0.6 is 0 Å². The Morgan fingerprint density at radius 3 is 2.72 bits per heavy atom. The van der Waals surface area contributed by atoms with Crippen LogP contribution in [0.3, 0.4) is 0 Å². The molecule has 0 aromatic carbocycles. The van der Waals surface area contributed by atoms with E-state index in [1.165, 1.54) is 0 Å². The number of unbranched alkanes of at least 4 members (excludes halogenated alkanes) is 3. The van der Waals surface area contributed by atoms with Crippen LogP contribution in [-0.4, -0.2) is 27.0 Å². The van der Waals surface area contributed by atoms with Crippen molar-refractivity contribution in [3.05, 3.63) is 29.2 Å². The van der Waals surface area contributed by atoms with Crippen LogP contribution in [0.15, 0.2) is 12.3 Å². The van der Waals surface area contributed by atoms with Crippen molar-refractivity contribution in [2.24, 2.45) is 0 Å². The van der Waals surface area contributed by atoms with Crippen molar-refractivity contribution in [3.8, 4) is 0 Å². The first-order valence-electron chi connectivity index (χ1n) is 8.66. The molecule has 2 aromatic heterocycles. The molecule has 1 fully saturated rings. The Hall–Kier alpha value is -2.12. The van der Waals surface area contributed by atoms with Gasteiger partial charge in [0.2, 0.25) is 0 Å². The molecule has 1 aliphatic carbocycles. The lowest BCUT2D eigenvalue weighted by Crippen LogP contribution is -2.24. The molecular weight excluding hydrogens is 333 g/mol. The number of aromatic nitrogens is 3. The first-order valence-corrected chi connectivity index (χ1v) is 8.66. The molecule has 0 radical (unpaired) electrons. The van der Waals surface area contributed by atoms with Crippen molar-refractivity contribution in [2.75, 3.05) is 6.54 Å². The third kappa shape index (κ3) is 3.93. The van der Waals surface area contributed by atoms with Gasteiger partial charge in [0.15, 0.2) is 5.65 Å². The highest BCUT2D eigenvalue weighted by Gasteiger charge is 2.37. The summed E-state index contributed by atoms with van der Waals surface area (Å²) in [5, 5.41) is 6.50. The Labute approximate surface area is 143 Å². The number of halogens is 3. The maximum absolute atomic E-state index is 13.3. The highest BCUT2D eigenvalue weighted by molar-refractivity contribution is 5.99. The maximum Gasteiger partial charge on any atom is 0.433 e. The molecule has 5 nitrogen and oxygen atoms in total. The van der Waals surface area contributed by atoms with Crippen LogP contribution in [0, 0.1) is 0 Å². The number of hydrogen-bond acceptors (Lipinski definition) is 3. The molecule has 1 saturated carbocycles. The van der Waals surface area contributed by atoms with Gasteiger partial charge in [-0.3, -0.25) is 4.79 Å². The van der Waals surface area contributed by atoms with E-state index < -0.39 is 17.8 Å². The average molecular weight is 354 g/mol. The number of hydrogen-bond donors (Lipinski definition) is 1. The first kappa shape index (κ1) is 17.7. The van der Waals surface area contributed by atoms with Gasteiger partial charge >= 0.3 is 6.18 Å². The molecule has 8 heteroatoms. The van der Waals surface area contributed by atoms with Gasteiger partial charge in [-0.1, -0.05) is 26.2 Å². The van der Waals surface area contributed by atoms with Gasteiger partial charge in [0.1, 0.15) is 11.3 Å². The number of rotatable bonds is 7. The minimum absolute atomic E-state index is 0.0252. The van der Waals surface area contributed by atoms with E-state index in [0.717, 1.165) is 55.3 Å². The van der Waals surface area contributed by atoms with E-state index in [2.05, 4.69) is 22.3 Å². The van der Waals surface area contributed by atoms with Crippen molar-refractivity contribution in [3.63, 3.8) is 0 Å². The van der Waals surface area contributed by atoms with Crippen LogP contribution in [0.5, 0.6) is 0 Å². The van der Waals surface area contributed by atoms with E-state index >= 15 is 0 Å². The third-order valence-electron chi connectivity index (χ3n) is 4.34. The quantitative estimate of drug-likeness (QED) is 0.766. The monoisotopic (exact) mass is 354 g/mol. The van der Waals surface area contributed by atoms with Gasteiger partial charge in [-0.2, -0.15) is 18.3 Å². The number of nitrogens with one attached hydrogen (secondary N) is 1. The lowest BCUT2D eigenvalue weighted by atomic mass is 10.2. The predicted molar refractivity (Wildman–Crippen MR) is 86.4 cm³/mol. The van der Waals surface area contributed by atoms with Crippen LogP contribution in [0.2, 0.25) is 0 Å². The van der Waals surface area contributed by atoms with Gasteiger partial charge in [-0.05, 0) is 25.3 Å². The molecule has 0 unspecified atom stereocenters. The summed E-state index contributed by atoms with van der Waals surface area (Å²) >= 11 is 0. The van der Waals surface area contributed by atoms with Crippen LogP contribution in [0.1, 0.15) is 73.1 Å². The second-order valence-electron chi connectivity index (χ2n) is 6.45. The largest absolute Gasteiger partial charge is 0.433 e. The van der Waals surface area contributed by atoms with E-state index in [4.69, 9.17) is 0 Å². The minimum Gasteiger partial charge on any atom is -0.352 e. The SMILES string of the molecule is CCCCCCNC(=O)c1cnn2c(C(F)(F)F)cc(C3CC3)nc12. The van der Waals surface area contributed by atoms with Gasteiger partial charge in [0.05, 0.1) is 6.20 Å². The normalized spacial score (nSPS) is 14.9. The number of fused-ring (bicyclic) bond motifs is 1. The first-order chi connectivity index (χ1) is 11.9. The highest BCUT2D eigenvalue weighted by Crippen LogP contribution is 2.41. The van der Waals surface area contributed by atoms with E-state index in [1.54, 1.807) is 0 Å². The summed E-state index contributed by atoms with van der Waals surface area (Å²) in [6.07, 6.45) is 2.30. The standard InChI is InChI=1S/C17H21F3N4O/c1-2-3-4-5-8-21-16(25)12-10-22-24-14(17(18,19)20)9-13(11-6-7-11)23-15(12)24/h9-11H,2-8H2,1H3,(H,21,25). The zero-order valence-corrected chi connectivity index (χ0v) is 14.1. The summed E-state index contributed by atoms with van der Waals surface area (Å²) in [7, 11) is 0. The fraction of sp³-hybridized carbons (Fsp3) is 0.588. The summed E-state index contributed by atoms with van der Waals surface area (Å²) in [4.78, 5) is 16.6. The number of carbonyl (C=O) groups is 1. The number of alkyl halides is 3. The molecule has 1 aliphatic rings. The van der Waals surface area contributed by atoms with Gasteiger partial charge in [-0.15, -0.1) is 0 Å². The van der Waals surface area contributed by atoms with Crippen LogP contribution < -0.4 is 5.32 Å². The van der Waals surface area contributed by atoms with E-state index in [-0.39, 0.29) is 17.1 Å². The average Bonchev–Trinajstić information content (AvgIpc) is 3.32. The van der Waals surface area contributed by atoms with Crippen LogP contribution in [-0.2, 0) is 6.18 Å². The second-order valence-corrected chi connectivity index (χ2v) is 6.45. The lowest BCUT2D eigenvalue weighted by molar-refractivity contribution is -0.142. The summed E-state index contributed by atoms with van der Waals surface area (Å²) in [6, 6.07) is 1.05. The third-order valence-corrected chi connectivity index (χ3v) is 4.34. The Balaban J connectivity index is 1.86. The topological polar surface area (TPSA) is 59.3 Å². The summed E-state index contributed by atoms with van der Waals surface area (Å²) in [6.45, 7) is 2.59. The minimum atomic E-state index is -4.55. The molecule has 2 aromatic rings. The Bertz CT molecular complexity index is 765. The smallest absolute Gasteiger partial charge is 0.352 e. The van der Waals surface area contributed by atoms with Crippen molar-refractivity contribution in [2.45, 2.75) is 57.5 Å². The lowest BCUT2D eigenvalue weighted by Gasteiger charge is -2.11. The Morgan fingerprint density at radius 2 is 2.08 bits per heavy atom. The van der Waals surface area contributed by atoms with Crippen molar-refractivity contribution >= 4 is 11.6 Å². The van der Waals surface area contributed by atoms with Crippen molar-refractivity contribution in [1.82, 2.24) is 19.9 Å². The Kier molecular flexibility index (Phi) is 4.96. The van der Waals surface area contributed by atoms with Gasteiger partial charge in [-0.25, -0.2) is 9.50 Å². The number of carbonyl (C=O) groups excluding carboxylic acids is 1. The molecular formula is C17H21F3N4O. The van der Waals surface area contributed by atoms with Crippen molar-refractivity contribution < 1.29 is 18.0 Å². The molecule has 1 amide bonds. The predicted octanol–water partition coefficient (Wildman–Crippen LogP) is 3.94. The molecule has 0 atom stereocenters. The number of amides is 1.